The van der Waals surface area contributed by atoms with E-state index < -0.39 is 15.6 Å². The number of ether oxygens (including phenoxy) is 2. The first-order chi connectivity index (χ1) is 11.2. The summed E-state index contributed by atoms with van der Waals surface area (Å²) in [5.74, 6) is 0.637. The first-order valence-electron chi connectivity index (χ1n) is 8.35. The Morgan fingerprint density at radius 2 is 2.12 bits per heavy atom. The Bertz CT molecular complexity index is 488. The fourth-order valence-electron chi connectivity index (χ4n) is 2.43. The van der Waals surface area contributed by atoms with Crippen LogP contribution < -0.4 is 15.4 Å². The minimum absolute atomic E-state index is 0.261. The van der Waals surface area contributed by atoms with E-state index in [1.165, 1.54) is 0 Å². The zero-order valence-corrected chi connectivity index (χ0v) is 16.0. The van der Waals surface area contributed by atoms with Gasteiger partial charge < -0.3 is 20.1 Å². The van der Waals surface area contributed by atoms with Crippen molar-refractivity contribution in [2.45, 2.75) is 44.8 Å². The van der Waals surface area contributed by atoms with Crippen LogP contribution in [0.25, 0.3) is 0 Å². The molecule has 3 N–H and O–H groups in total. The molecule has 1 aliphatic rings. The van der Waals surface area contributed by atoms with Gasteiger partial charge in [0.25, 0.3) is 0 Å². The molecule has 1 rings (SSSR count). The van der Waals surface area contributed by atoms with Crippen LogP contribution in [0.15, 0.2) is 4.99 Å². The maximum absolute atomic E-state index is 11.3. The summed E-state index contributed by atoms with van der Waals surface area (Å²) in [7, 11) is -1.57. The molecule has 0 radical (unpaired) electrons. The third-order valence-electron chi connectivity index (χ3n) is 3.47. The van der Waals surface area contributed by atoms with Crippen molar-refractivity contribution in [3.05, 3.63) is 0 Å². The van der Waals surface area contributed by atoms with Crippen molar-refractivity contribution in [2.24, 2.45) is 4.99 Å². The highest BCUT2D eigenvalue weighted by atomic mass is 32.2. The van der Waals surface area contributed by atoms with Gasteiger partial charge in [-0.05, 0) is 33.1 Å². The van der Waals surface area contributed by atoms with Crippen LogP contribution in [0.3, 0.4) is 0 Å². The van der Waals surface area contributed by atoms with Gasteiger partial charge in [-0.3, -0.25) is 4.99 Å². The largest absolute Gasteiger partial charge is 0.379 e. The van der Waals surface area contributed by atoms with Crippen LogP contribution in [0.5, 0.6) is 0 Å². The number of aliphatic imine (C=N–C) groups is 1. The van der Waals surface area contributed by atoms with Crippen LogP contribution in [0.4, 0.5) is 0 Å². The van der Waals surface area contributed by atoms with E-state index in [9.17, 15) is 8.42 Å². The molecule has 1 aliphatic heterocycles. The average Bonchev–Trinajstić information content (AvgIpc) is 2.96. The second kappa shape index (κ2) is 10.2. The van der Waals surface area contributed by atoms with Crippen LogP contribution in [-0.2, 0) is 19.5 Å². The first kappa shape index (κ1) is 21.1. The molecule has 1 fully saturated rings. The van der Waals surface area contributed by atoms with Gasteiger partial charge in [0.2, 0.25) is 10.0 Å². The predicted molar refractivity (Wildman–Crippen MR) is 95.8 cm³/mol. The van der Waals surface area contributed by atoms with Crippen molar-refractivity contribution >= 4 is 16.0 Å². The minimum atomic E-state index is -3.25. The number of sulfonamides is 1. The highest BCUT2D eigenvalue weighted by molar-refractivity contribution is 7.88. The Morgan fingerprint density at radius 1 is 1.38 bits per heavy atom. The number of rotatable bonds is 10. The second-order valence-corrected chi connectivity index (χ2v) is 8.42. The number of nitrogens with one attached hydrogen (secondary N) is 3. The Kier molecular flexibility index (Phi) is 8.96. The van der Waals surface area contributed by atoms with Gasteiger partial charge >= 0.3 is 0 Å². The van der Waals surface area contributed by atoms with E-state index in [4.69, 9.17) is 9.47 Å². The van der Waals surface area contributed by atoms with E-state index in [-0.39, 0.29) is 6.10 Å². The van der Waals surface area contributed by atoms with Gasteiger partial charge in [0.05, 0.1) is 19.0 Å². The van der Waals surface area contributed by atoms with Crippen LogP contribution in [0.1, 0.15) is 33.1 Å². The molecular formula is C15H32N4O4S. The van der Waals surface area contributed by atoms with Gasteiger partial charge in [-0.1, -0.05) is 0 Å². The lowest BCUT2D eigenvalue weighted by atomic mass is 10.1. The van der Waals surface area contributed by atoms with Gasteiger partial charge in [0.1, 0.15) is 0 Å². The van der Waals surface area contributed by atoms with Crippen molar-refractivity contribution in [1.29, 1.82) is 0 Å². The van der Waals surface area contributed by atoms with Crippen LogP contribution >= 0.6 is 0 Å². The lowest BCUT2D eigenvalue weighted by Crippen LogP contribution is -2.53. The van der Waals surface area contributed by atoms with E-state index in [1.54, 1.807) is 7.05 Å². The van der Waals surface area contributed by atoms with Gasteiger partial charge in [-0.2, -0.15) is 0 Å². The molecule has 1 atom stereocenters. The Labute approximate surface area is 145 Å². The van der Waals surface area contributed by atoms with Gasteiger partial charge in [0.15, 0.2) is 5.96 Å². The van der Waals surface area contributed by atoms with Gasteiger partial charge in [0, 0.05) is 38.9 Å². The fraction of sp³-hybridized carbons (Fsp3) is 0.933. The molecule has 9 heteroatoms. The molecule has 1 unspecified atom stereocenters. The fourth-order valence-corrected chi connectivity index (χ4v) is 3.51. The van der Waals surface area contributed by atoms with E-state index in [0.29, 0.717) is 25.7 Å². The standard InChI is InChI=1S/C15H32N4O4S/c1-15(2,19-24(4,20)21)12-18-14(16-3)17-8-6-9-22-11-13-7-5-10-23-13/h13,19H,5-12H2,1-4H3,(H2,16,17,18). The molecule has 0 aromatic rings. The summed E-state index contributed by atoms with van der Waals surface area (Å²) >= 11 is 0. The molecule has 0 amide bonds. The Balaban J connectivity index is 2.13. The number of hydrogen-bond donors (Lipinski definition) is 3. The van der Waals surface area contributed by atoms with Gasteiger partial charge in [-0.15, -0.1) is 0 Å². The van der Waals surface area contributed by atoms with Gasteiger partial charge in [-0.25, -0.2) is 13.1 Å². The number of guanidine groups is 1. The van der Waals surface area contributed by atoms with Crippen molar-refractivity contribution in [3.63, 3.8) is 0 Å². The third kappa shape index (κ3) is 10.1. The predicted octanol–water partition coefficient (Wildman–Crippen LogP) is 0.0649. The lowest BCUT2D eigenvalue weighted by molar-refractivity contribution is 0.0168. The maximum atomic E-state index is 11.3. The summed E-state index contributed by atoms with van der Waals surface area (Å²) in [4.78, 5) is 4.12. The van der Waals surface area contributed by atoms with E-state index in [0.717, 1.165) is 38.7 Å². The number of nitrogens with zero attached hydrogens (tertiary/aromatic N) is 1. The van der Waals surface area contributed by atoms with Crippen molar-refractivity contribution in [2.75, 3.05) is 46.2 Å². The SMILES string of the molecule is CN=C(NCCCOCC1CCCO1)NCC(C)(C)NS(C)(=O)=O. The zero-order chi connectivity index (χ0) is 18.1. The molecule has 0 aliphatic carbocycles. The molecule has 0 saturated carbocycles. The van der Waals surface area contributed by atoms with Crippen LogP contribution in [0.2, 0.25) is 0 Å². The molecule has 1 heterocycles. The van der Waals surface area contributed by atoms with Crippen molar-refractivity contribution in [3.8, 4) is 0 Å². The lowest BCUT2D eigenvalue weighted by Gasteiger charge is -2.26. The van der Waals surface area contributed by atoms with Crippen LogP contribution in [0, 0.1) is 0 Å². The summed E-state index contributed by atoms with van der Waals surface area (Å²) in [6.07, 6.45) is 4.49. The summed E-state index contributed by atoms with van der Waals surface area (Å²) in [5, 5.41) is 6.30. The van der Waals surface area contributed by atoms with Crippen molar-refractivity contribution < 1.29 is 17.9 Å². The summed E-state index contributed by atoms with van der Waals surface area (Å²) < 4.78 is 36.3. The van der Waals surface area contributed by atoms with Crippen LogP contribution in [-0.4, -0.2) is 72.2 Å². The molecular weight excluding hydrogens is 332 g/mol. The summed E-state index contributed by atoms with van der Waals surface area (Å²) in [6.45, 7) is 6.96. The quantitative estimate of drug-likeness (QED) is 0.288. The molecule has 142 valence electrons. The first-order valence-corrected chi connectivity index (χ1v) is 10.2. The zero-order valence-electron chi connectivity index (χ0n) is 15.2. The molecule has 0 aromatic carbocycles. The summed E-state index contributed by atoms with van der Waals surface area (Å²) in [5.41, 5.74) is -0.602. The average molecular weight is 365 g/mol. The number of hydrogen-bond acceptors (Lipinski definition) is 5. The van der Waals surface area contributed by atoms with E-state index in [2.05, 4.69) is 20.3 Å². The highest BCUT2D eigenvalue weighted by Crippen LogP contribution is 2.11. The Hall–Kier alpha value is -0.900. The van der Waals surface area contributed by atoms with E-state index >= 15 is 0 Å². The normalized spacial score (nSPS) is 19.5. The van der Waals surface area contributed by atoms with E-state index in [1.807, 2.05) is 13.8 Å². The maximum Gasteiger partial charge on any atom is 0.209 e. The monoisotopic (exact) mass is 364 g/mol. The third-order valence-corrected chi connectivity index (χ3v) is 4.39. The second-order valence-electron chi connectivity index (χ2n) is 6.67. The Morgan fingerprint density at radius 3 is 2.71 bits per heavy atom. The molecule has 8 nitrogen and oxygen atoms in total. The van der Waals surface area contributed by atoms with Crippen molar-refractivity contribution in [1.82, 2.24) is 15.4 Å². The molecule has 0 bridgehead atoms. The topological polar surface area (TPSA) is 101 Å². The summed E-state index contributed by atoms with van der Waals surface area (Å²) in [6, 6.07) is 0. The molecule has 0 spiro atoms. The molecule has 0 aromatic heterocycles. The molecule has 24 heavy (non-hydrogen) atoms. The highest BCUT2D eigenvalue weighted by Gasteiger charge is 2.22. The molecule has 1 saturated heterocycles. The minimum Gasteiger partial charge on any atom is -0.379 e. The smallest absolute Gasteiger partial charge is 0.209 e.